The molecule has 0 saturated heterocycles. The second kappa shape index (κ2) is 13.2. The van der Waals surface area contributed by atoms with E-state index in [0.29, 0.717) is 5.92 Å². The first kappa shape index (κ1) is 37.0. The Balaban J connectivity index is 0.00000210. The molecule has 4 aliphatic rings. The van der Waals surface area contributed by atoms with Gasteiger partial charge in [0.1, 0.15) is 0 Å². The minimum atomic E-state index is -2.72. The van der Waals surface area contributed by atoms with Gasteiger partial charge >= 0.3 is 308 Å². The predicted molar refractivity (Wildman–Crippen MR) is 212 cm³/mol. The third kappa shape index (κ3) is 5.53. The first-order valence-corrected chi connectivity index (χ1v) is 22.3. The number of benzene rings is 5. The molecule has 0 saturated carbocycles. The number of hydrogen-bond donors (Lipinski definition) is 0. The van der Waals surface area contributed by atoms with E-state index in [2.05, 4.69) is 168 Å². The standard InChI is InChI=1S/C25H25.C13H13.C11H8.2ClH.Zr/c1-14-12-24(3,4)22-8-16-7-17-9-23-19(15(2)13-25(23,5)6)11-21(17)20(16)10-18(14)22;1-10-8-11(2)13(9-10)12-6-4-3-5-7-12;1-9-5-4-7-10-6-2-3-8-11(9)10;;;/h8-12H,7H2,1-6H3;3-7,9-10H,1-2H3;1-8H;2*1H;/q;;;;;+2/p-2. The summed E-state index contributed by atoms with van der Waals surface area (Å²) in [5.74, 6) is 0.421. The molecule has 0 aromatic heterocycles. The Bertz CT molecular complexity index is 2480. The van der Waals surface area contributed by atoms with E-state index in [1.807, 2.05) is 0 Å². The molecule has 0 aliphatic heterocycles. The molecular weight excluding hydrogens is 751 g/mol. The fourth-order valence-electron chi connectivity index (χ4n) is 10.1. The van der Waals surface area contributed by atoms with E-state index in [-0.39, 0.29) is 35.6 Å². The van der Waals surface area contributed by atoms with Crippen LogP contribution in [0.25, 0.3) is 38.6 Å². The molecule has 9 rings (SSSR count). The van der Waals surface area contributed by atoms with E-state index in [9.17, 15) is 0 Å². The van der Waals surface area contributed by atoms with Crippen LogP contribution in [0.1, 0.15) is 99.9 Å². The number of rotatable bonds is 4. The number of halogens is 2. The molecule has 0 radical (unpaired) electrons. The van der Waals surface area contributed by atoms with Crippen LogP contribution in [0.15, 0.2) is 121 Å². The van der Waals surface area contributed by atoms with Crippen molar-refractivity contribution in [3.8, 4) is 11.1 Å². The second-order valence-corrected chi connectivity index (χ2v) is 21.7. The van der Waals surface area contributed by atoms with Crippen molar-refractivity contribution in [1.82, 2.24) is 0 Å². The topological polar surface area (TPSA) is 0 Å². The van der Waals surface area contributed by atoms with Crippen LogP contribution in [-0.4, -0.2) is 3.71 Å². The molecule has 0 heterocycles. The van der Waals surface area contributed by atoms with Gasteiger partial charge in [-0.3, -0.25) is 0 Å². The fraction of sp³-hybridized carbons (Fsp3) is 0.245. The average Bonchev–Trinajstić information content (AvgIpc) is 3.74. The minimum Gasteiger partial charge on any atom is -1.00 e. The van der Waals surface area contributed by atoms with E-state index in [4.69, 9.17) is 0 Å². The summed E-state index contributed by atoms with van der Waals surface area (Å²) in [5.41, 5.74) is 20.6. The molecule has 0 N–H and O–H groups in total. The van der Waals surface area contributed by atoms with Crippen molar-refractivity contribution in [3.05, 3.63) is 166 Å². The van der Waals surface area contributed by atoms with Crippen LogP contribution in [0.3, 0.4) is 0 Å². The average molecular weight is 797 g/mol. The smallest absolute Gasteiger partial charge is 1.00 e. The van der Waals surface area contributed by atoms with Gasteiger partial charge in [0.15, 0.2) is 0 Å². The minimum absolute atomic E-state index is 0. The Kier molecular flexibility index (Phi) is 9.39. The van der Waals surface area contributed by atoms with Crippen LogP contribution in [0.2, 0.25) is 0 Å². The molecule has 4 aliphatic carbocycles. The van der Waals surface area contributed by atoms with Crippen LogP contribution < -0.4 is 24.8 Å². The third-order valence-electron chi connectivity index (χ3n) is 12.4. The number of fused-ring (bicyclic) bond motifs is 6. The maximum Gasteiger partial charge on any atom is -1.00 e. The Morgan fingerprint density at radius 3 is 2.04 bits per heavy atom. The Labute approximate surface area is 330 Å². The fourth-order valence-corrected chi connectivity index (χ4v) is 18.9. The van der Waals surface area contributed by atoms with Gasteiger partial charge in [-0.1, -0.05) is 0 Å². The molecule has 5 aromatic carbocycles. The van der Waals surface area contributed by atoms with E-state index in [0.717, 1.165) is 6.42 Å². The van der Waals surface area contributed by atoms with Crippen LogP contribution >= 0.6 is 0 Å². The van der Waals surface area contributed by atoms with Gasteiger partial charge in [0.05, 0.1) is 0 Å². The zero-order valence-electron chi connectivity index (χ0n) is 31.5. The van der Waals surface area contributed by atoms with Crippen LogP contribution in [0.5, 0.6) is 0 Å². The van der Waals surface area contributed by atoms with Crippen molar-refractivity contribution in [1.29, 1.82) is 0 Å². The second-order valence-electron chi connectivity index (χ2n) is 16.4. The van der Waals surface area contributed by atoms with Crippen LogP contribution in [-0.2, 0) is 38.5 Å². The first-order valence-electron chi connectivity index (χ1n) is 18.4. The largest absolute Gasteiger partial charge is 1.00 e. The third-order valence-corrected chi connectivity index (χ3v) is 21.1. The molecule has 260 valence electrons. The van der Waals surface area contributed by atoms with Crippen molar-refractivity contribution in [2.75, 3.05) is 0 Å². The molecular formula is C49H46Cl2Zr. The van der Waals surface area contributed by atoms with Gasteiger partial charge in [0.25, 0.3) is 0 Å². The van der Waals surface area contributed by atoms with Crippen LogP contribution in [0.4, 0.5) is 0 Å². The molecule has 1 unspecified atom stereocenters. The summed E-state index contributed by atoms with van der Waals surface area (Å²) in [6.45, 7) is 19.4. The van der Waals surface area contributed by atoms with Crippen molar-refractivity contribution in [2.24, 2.45) is 5.92 Å². The van der Waals surface area contributed by atoms with Crippen molar-refractivity contribution in [2.45, 2.75) is 72.6 Å². The van der Waals surface area contributed by atoms with Gasteiger partial charge in [-0.25, -0.2) is 0 Å². The molecule has 0 spiro atoms. The molecule has 0 nitrogen and oxygen atoms in total. The summed E-state index contributed by atoms with van der Waals surface area (Å²) in [5, 5.41) is 2.70. The summed E-state index contributed by atoms with van der Waals surface area (Å²) in [7, 11) is 0. The molecule has 5 aromatic rings. The van der Waals surface area contributed by atoms with Gasteiger partial charge < -0.3 is 24.8 Å². The molecule has 3 heteroatoms. The summed E-state index contributed by atoms with van der Waals surface area (Å²) >= 11 is -2.72. The maximum absolute atomic E-state index is 2.80. The van der Waals surface area contributed by atoms with E-state index in [1.54, 1.807) is 6.56 Å². The quantitative estimate of drug-likeness (QED) is 0.189. The molecule has 1 atom stereocenters. The normalized spacial score (nSPS) is 18.7. The van der Waals surface area contributed by atoms with Crippen LogP contribution in [0, 0.1) is 5.92 Å². The maximum atomic E-state index is 2.80. The molecule has 52 heavy (non-hydrogen) atoms. The number of hydrogen-bond acceptors (Lipinski definition) is 0. The van der Waals surface area contributed by atoms with Gasteiger partial charge in [0, 0.05) is 0 Å². The van der Waals surface area contributed by atoms with Gasteiger partial charge in [0.2, 0.25) is 0 Å². The summed E-state index contributed by atoms with van der Waals surface area (Å²) in [4.78, 5) is 0. The van der Waals surface area contributed by atoms with E-state index in [1.165, 1.54) is 88.7 Å². The first-order chi connectivity index (χ1) is 23.9. The van der Waals surface area contributed by atoms with E-state index >= 15 is 0 Å². The molecule has 0 amide bonds. The van der Waals surface area contributed by atoms with Crippen molar-refractivity contribution >= 4 is 31.2 Å². The monoisotopic (exact) mass is 794 g/mol. The Hall–Kier alpha value is -3.35. The van der Waals surface area contributed by atoms with Crippen molar-refractivity contribution in [3.63, 3.8) is 0 Å². The van der Waals surface area contributed by atoms with E-state index < -0.39 is 21.3 Å². The zero-order chi connectivity index (χ0) is 34.7. The number of allylic oxidation sites excluding steroid dienone is 8. The Morgan fingerprint density at radius 1 is 0.673 bits per heavy atom. The molecule has 0 fully saturated rings. The van der Waals surface area contributed by atoms with Gasteiger partial charge in [-0.2, -0.15) is 0 Å². The van der Waals surface area contributed by atoms with Crippen molar-refractivity contribution < 1.29 is 46.1 Å². The summed E-state index contributed by atoms with van der Waals surface area (Å²) in [6.07, 6.45) is 6.05. The summed E-state index contributed by atoms with van der Waals surface area (Å²) < 4.78 is 6.27. The zero-order valence-corrected chi connectivity index (χ0v) is 35.5. The van der Waals surface area contributed by atoms with Gasteiger partial charge in [-0.05, 0) is 0 Å². The SMILES string of the molecule is CC1=CC(C)(C)c2cc3c(cc21)-c1cc2c(cc1C3)C(C)(C)[C]([Zr+2](=[CH]c1cccc3ccccc13)[C]1=C(C)C(c3ccccc3)=CC1C)=C2C.[Cl-].[Cl-]. The summed E-state index contributed by atoms with van der Waals surface area (Å²) in [6, 6.07) is 37.2. The Morgan fingerprint density at radius 2 is 1.31 bits per heavy atom. The van der Waals surface area contributed by atoms with Gasteiger partial charge in [-0.15, -0.1) is 0 Å². The predicted octanol–water partition coefficient (Wildman–Crippen LogP) is 6.61. The molecule has 0 bridgehead atoms.